The van der Waals surface area contributed by atoms with E-state index in [4.69, 9.17) is 4.98 Å². The smallest absolute Gasteiger partial charge is 0.124 e. The minimum atomic E-state index is -0.239. The van der Waals surface area contributed by atoms with Crippen molar-refractivity contribution in [2.45, 2.75) is 20.4 Å². The number of hydrogen-bond acceptors (Lipinski definition) is 4. The molecule has 0 atom stereocenters. The molecule has 2 aromatic heterocycles. The van der Waals surface area contributed by atoms with Gasteiger partial charge in [-0.05, 0) is 37.6 Å². The normalized spacial score (nSPS) is 11.0. The van der Waals surface area contributed by atoms with Gasteiger partial charge in [0.05, 0.1) is 23.3 Å². The molecule has 0 aliphatic heterocycles. The van der Waals surface area contributed by atoms with Gasteiger partial charge in [0, 0.05) is 5.56 Å². The summed E-state index contributed by atoms with van der Waals surface area (Å²) >= 11 is 1.62. The number of nitrogens with zero attached hydrogens (tertiary/aromatic N) is 4. The molecule has 0 saturated carbocycles. The molecule has 0 fully saturated rings. The molecule has 0 aliphatic rings. The van der Waals surface area contributed by atoms with Crippen molar-refractivity contribution in [3.05, 3.63) is 77.4 Å². The first-order valence-electron chi connectivity index (χ1n) is 8.28. The van der Waals surface area contributed by atoms with Crippen LogP contribution in [0.1, 0.15) is 16.8 Å². The lowest BCUT2D eigenvalue weighted by Gasteiger charge is -2.00. The molecule has 0 saturated heterocycles. The van der Waals surface area contributed by atoms with Gasteiger partial charge in [-0.1, -0.05) is 41.1 Å². The summed E-state index contributed by atoms with van der Waals surface area (Å²) < 4.78 is 14.8. The van der Waals surface area contributed by atoms with Crippen molar-refractivity contribution in [2.75, 3.05) is 0 Å². The van der Waals surface area contributed by atoms with Crippen LogP contribution in [-0.2, 0) is 6.54 Å². The van der Waals surface area contributed by atoms with Crippen LogP contribution in [-0.4, -0.2) is 20.0 Å². The van der Waals surface area contributed by atoms with Crippen LogP contribution < -0.4 is 0 Å². The molecule has 130 valence electrons. The lowest BCUT2D eigenvalue weighted by Crippen LogP contribution is -2.00. The number of thiazole rings is 1. The molecule has 26 heavy (non-hydrogen) atoms. The van der Waals surface area contributed by atoms with E-state index >= 15 is 0 Å². The van der Waals surface area contributed by atoms with E-state index in [0.717, 1.165) is 32.4 Å². The number of hydrogen-bond donors (Lipinski definition) is 0. The minimum Gasteiger partial charge on any atom is -0.247 e. The number of aryl methyl sites for hydroxylation is 2. The first-order valence-corrected chi connectivity index (χ1v) is 9.09. The molecule has 0 spiro atoms. The van der Waals surface area contributed by atoms with E-state index in [1.54, 1.807) is 28.2 Å². The van der Waals surface area contributed by atoms with E-state index in [1.807, 2.05) is 19.2 Å². The topological polar surface area (TPSA) is 43.6 Å². The summed E-state index contributed by atoms with van der Waals surface area (Å²) in [6.07, 6.45) is 1.91. The first kappa shape index (κ1) is 16.6. The maximum atomic E-state index is 13.0. The number of halogens is 1. The van der Waals surface area contributed by atoms with Crippen LogP contribution in [0.25, 0.3) is 21.1 Å². The molecule has 0 aliphatic carbocycles. The molecular formula is C20H17FN4S. The van der Waals surface area contributed by atoms with Crippen LogP contribution >= 0.6 is 11.3 Å². The Kier molecular flexibility index (Phi) is 4.34. The highest BCUT2D eigenvalue weighted by atomic mass is 32.1. The quantitative estimate of drug-likeness (QED) is 0.519. The highest BCUT2D eigenvalue weighted by Crippen LogP contribution is 2.34. The summed E-state index contributed by atoms with van der Waals surface area (Å²) in [7, 11) is 0. The summed E-state index contributed by atoms with van der Waals surface area (Å²) in [5.41, 5.74) is 5.05. The van der Waals surface area contributed by atoms with Crippen LogP contribution in [0.2, 0.25) is 0 Å². The third-order valence-corrected chi connectivity index (χ3v) is 5.32. The molecule has 4 nitrogen and oxygen atoms in total. The van der Waals surface area contributed by atoms with Gasteiger partial charge < -0.3 is 0 Å². The average molecular weight is 364 g/mol. The third kappa shape index (κ3) is 3.41. The molecule has 0 N–H and O–H groups in total. The molecule has 4 rings (SSSR count). The SMILES string of the molecule is Cc1cccc(-c2nc(C)c(-c3cn(Cc4ccc(F)cc4)nn3)s2)c1. The maximum Gasteiger partial charge on any atom is 0.124 e. The van der Waals surface area contributed by atoms with Gasteiger partial charge in [0.2, 0.25) is 0 Å². The third-order valence-electron chi connectivity index (χ3n) is 4.09. The first-order chi connectivity index (χ1) is 12.6. The molecule has 2 heterocycles. The van der Waals surface area contributed by atoms with Crippen molar-refractivity contribution in [3.8, 4) is 21.1 Å². The van der Waals surface area contributed by atoms with Crippen molar-refractivity contribution < 1.29 is 4.39 Å². The van der Waals surface area contributed by atoms with Crippen LogP contribution in [0.15, 0.2) is 54.7 Å². The van der Waals surface area contributed by atoms with Gasteiger partial charge in [0.15, 0.2) is 0 Å². The van der Waals surface area contributed by atoms with Crippen LogP contribution in [0.4, 0.5) is 4.39 Å². The fourth-order valence-corrected chi connectivity index (χ4v) is 3.80. The number of aromatic nitrogens is 4. The van der Waals surface area contributed by atoms with Gasteiger partial charge in [-0.15, -0.1) is 16.4 Å². The Bertz CT molecular complexity index is 1050. The van der Waals surface area contributed by atoms with Gasteiger partial charge in [0.1, 0.15) is 16.5 Å². The zero-order chi connectivity index (χ0) is 18.1. The van der Waals surface area contributed by atoms with Crippen LogP contribution in [0.3, 0.4) is 0 Å². The van der Waals surface area contributed by atoms with Gasteiger partial charge >= 0.3 is 0 Å². The summed E-state index contributed by atoms with van der Waals surface area (Å²) in [6.45, 7) is 4.62. The van der Waals surface area contributed by atoms with Gasteiger partial charge in [-0.3, -0.25) is 0 Å². The van der Waals surface area contributed by atoms with Crippen molar-refractivity contribution in [2.24, 2.45) is 0 Å². The molecule has 2 aromatic carbocycles. The van der Waals surface area contributed by atoms with Gasteiger partial charge in [-0.2, -0.15) is 0 Å². The second-order valence-corrected chi connectivity index (χ2v) is 7.23. The Morgan fingerprint density at radius 3 is 2.65 bits per heavy atom. The lowest BCUT2D eigenvalue weighted by atomic mass is 10.1. The predicted octanol–water partition coefficient (Wildman–Crippen LogP) is 4.87. The summed E-state index contributed by atoms with van der Waals surface area (Å²) in [5.74, 6) is -0.239. The monoisotopic (exact) mass is 364 g/mol. The zero-order valence-electron chi connectivity index (χ0n) is 14.5. The van der Waals surface area contributed by atoms with Crippen LogP contribution in [0, 0.1) is 19.7 Å². The molecule has 0 bridgehead atoms. The molecule has 0 radical (unpaired) electrons. The molecule has 6 heteroatoms. The van der Waals surface area contributed by atoms with Crippen molar-refractivity contribution >= 4 is 11.3 Å². The Hall–Kier alpha value is -2.86. The lowest BCUT2D eigenvalue weighted by molar-refractivity contribution is 0.621. The fraction of sp³-hybridized carbons (Fsp3) is 0.150. The molecule has 4 aromatic rings. The highest BCUT2D eigenvalue weighted by molar-refractivity contribution is 7.18. The van der Waals surface area contributed by atoms with Crippen molar-refractivity contribution in [1.82, 2.24) is 20.0 Å². The zero-order valence-corrected chi connectivity index (χ0v) is 15.3. The minimum absolute atomic E-state index is 0.239. The van der Waals surface area contributed by atoms with E-state index in [0.29, 0.717) is 6.54 Å². The van der Waals surface area contributed by atoms with E-state index in [2.05, 4.69) is 35.4 Å². The largest absolute Gasteiger partial charge is 0.247 e. The van der Waals surface area contributed by atoms with Crippen molar-refractivity contribution in [1.29, 1.82) is 0 Å². The Labute approximate surface area is 155 Å². The number of benzene rings is 2. The van der Waals surface area contributed by atoms with E-state index in [1.165, 1.54) is 17.7 Å². The standard InChI is InChI=1S/C20H17FN4S/c1-13-4-3-5-16(10-13)20-22-14(2)19(26-20)18-12-25(24-23-18)11-15-6-8-17(21)9-7-15/h3-10,12H,11H2,1-2H3. The van der Waals surface area contributed by atoms with Crippen molar-refractivity contribution in [3.63, 3.8) is 0 Å². The van der Waals surface area contributed by atoms with Gasteiger partial charge in [0.25, 0.3) is 0 Å². The Balaban J connectivity index is 1.60. The molecule has 0 unspecified atom stereocenters. The maximum absolute atomic E-state index is 13.0. The van der Waals surface area contributed by atoms with Gasteiger partial charge in [-0.25, -0.2) is 14.1 Å². The van der Waals surface area contributed by atoms with Crippen LogP contribution in [0.5, 0.6) is 0 Å². The number of rotatable bonds is 4. The molecular weight excluding hydrogens is 347 g/mol. The fourth-order valence-electron chi connectivity index (χ4n) is 2.79. The average Bonchev–Trinajstić information content (AvgIpc) is 3.23. The van der Waals surface area contributed by atoms with E-state index in [-0.39, 0.29) is 5.82 Å². The van der Waals surface area contributed by atoms with E-state index < -0.39 is 0 Å². The van der Waals surface area contributed by atoms with E-state index in [9.17, 15) is 4.39 Å². The second kappa shape index (κ2) is 6.80. The summed E-state index contributed by atoms with van der Waals surface area (Å²) in [6, 6.07) is 14.7. The Morgan fingerprint density at radius 2 is 1.88 bits per heavy atom. The Morgan fingerprint density at radius 1 is 1.08 bits per heavy atom. The summed E-state index contributed by atoms with van der Waals surface area (Å²) in [4.78, 5) is 5.72. The second-order valence-electron chi connectivity index (χ2n) is 6.23. The predicted molar refractivity (Wildman–Crippen MR) is 102 cm³/mol. The molecule has 0 amide bonds. The summed E-state index contributed by atoms with van der Waals surface area (Å²) in [5, 5.41) is 9.47. The highest BCUT2D eigenvalue weighted by Gasteiger charge is 2.14.